The highest BCUT2D eigenvalue weighted by atomic mass is 127. The van der Waals surface area contributed by atoms with E-state index < -0.39 is 0 Å². The normalized spacial score (nSPS) is 15.1. The van der Waals surface area contributed by atoms with E-state index in [1.807, 2.05) is 25.1 Å². The fourth-order valence-corrected chi connectivity index (χ4v) is 2.83. The van der Waals surface area contributed by atoms with Gasteiger partial charge in [-0.25, -0.2) is 4.39 Å². The third-order valence-electron chi connectivity index (χ3n) is 4.08. The molecule has 1 aliphatic heterocycles. The first-order chi connectivity index (χ1) is 11.7. The van der Waals surface area contributed by atoms with Crippen LogP contribution in [0.2, 0.25) is 0 Å². The van der Waals surface area contributed by atoms with Crippen LogP contribution in [0.5, 0.6) is 0 Å². The largest absolute Gasteiger partial charge is 0.368 e. The van der Waals surface area contributed by atoms with E-state index in [2.05, 4.69) is 25.3 Å². The Bertz CT molecular complexity index is 695. The maximum absolute atomic E-state index is 13.0. The Morgan fingerprint density at radius 3 is 2.48 bits per heavy atom. The Morgan fingerprint density at radius 2 is 1.92 bits per heavy atom. The fraction of sp³-hybridized carbons (Fsp3) is 0.412. The first-order valence-corrected chi connectivity index (χ1v) is 8.04. The predicted molar refractivity (Wildman–Crippen MR) is 107 cm³/mol. The maximum atomic E-state index is 13.0. The highest BCUT2D eigenvalue weighted by molar-refractivity contribution is 14.0. The molecule has 0 atom stereocenters. The van der Waals surface area contributed by atoms with Gasteiger partial charge in [-0.05, 0) is 31.2 Å². The van der Waals surface area contributed by atoms with Crippen molar-refractivity contribution in [2.24, 2.45) is 4.99 Å². The van der Waals surface area contributed by atoms with Gasteiger partial charge in [-0.2, -0.15) is 0 Å². The number of guanidine groups is 1. The molecule has 0 unspecified atom stereocenters. The Kier molecular flexibility index (Phi) is 7.03. The molecule has 136 valence electrons. The third-order valence-corrected chi connectivity index (χ3v) is 4.08. The molecule has 0 saturated carbocycles. The zero-order valence-electron chi connectivity index (χ0n) is 14.4. The predicted octanol–water partition coefficient (Wildman–Crippen LogP) is 2.64. The van der Waals surface area contributed by atoms with Crippen molar-refractivity contribution in [3.63, 3.8) is 0 Å². The van der Waals surface area contributed by atoms with Crippen LogP contribution in [0.1, 0.15) is 11.5 Å². The summed E-state index contributed by atoms with van der Waals surface area (Å²) in [6.07, 6.45) is 0. The molecule has 1 N–H and O–H groups in total. The first kappa shape index (κ1) is 19.5. The summed E-state index contributed by atoms with van der Waals surface area (Å²) in [7, 11) is 1.78. The number of piperazine rings is 1. The van der Waals surface area contributed by atoms with Gasteiger partial charge in [0.15, 0.2) is 11.7 Å². The number of aromatic nitrogens is 1. The summed E-state index contributed by atoms with van der Waals surface area (Å²) in [4.78, 5) is 8.81. The lowest BCUT2D eigenvalue weighted by Crippen LogP contribution is -2.52. The molecular formula is C17H23FIN5O. The van der Waals surface area contributed by atoms with Crippen LogP contribution in [0.15, 0.2) is 39.8 Å². The van der Waals surface area contributed by atoms with Crippen molar-refractivity contribution in [1.29, 1.82) is 0 Å². The van der Waals surface area contributed by atoms with Gasteiger partial charge in [-0.1, -0.05) is 5.16 Å². The lowest BCUT2D eigenvalue weighted by molar-refractivity contribution is 0.357. The van der Waals surface area contributed by atoms with Crippen LogP contribution in [0.4, 0.5) is 10.1 Å². The van der Waals surface area contributed by atoms with Crippen molar-refractivity contribution in [3.05, 3.63) is 47.6 Å². The van der Waals surface area contributed by atoms with Crippen LogP contribution in [0, 0.1) is 12.7 Å². The van der Waals surface area contributed by atoms with Crippen LogP contribution in [0.3, 0.4) is 0 Å². The average molecular weight is 459 g/mol. The minimum absolute atomic E-state index is 0. The summed E-state index contributed by atoms with van der Waals surface area (Å²) < 4.78 is 18.2. The molecule has 0 radical (unpaired) electrons. The van der Waals surface area contributed by atoms with Gasteiger partial charge >= 0.3 is 0 Å². The van der Waals surface area contributed by atoms with Crippen molar-refractivity contribution in [2.45, 2.75) is 13.5 Å². The molecule has 1 aromatic heterocycles. The number of rotatable bonds is 3. The monoisotopic (exact) mass is 459 g/mol. The standard InChI is InChI=1S/C17H22FN5O.HI/c1-13-11-16(24-21-13)12-20-17(19-2)23-9-7-22(8-10-23)15-5-3-14(18)4-6-15;/h3-6,11H,7-10,12H2,1-2H3,(H,19,20);1H. The topological polar surface area (TPSA) is 56.9 Å². The van der Waals surface area contributed by atoms with Crippen LogP contribution >= 0.6 is 24.0 Å². The van der Waals surface area contributed by atoms with Crippen LogP contribution < -0.4 is 10.2 Å². The van der Waals surface area contributed by atoms with Crippen molar-refractivity contribution in [1.82, 2.24) is 15.4 Å². The molecule has 0 bridgehead atoms. The molecule has 3 rings (SSSR count). The highest BCUT2D eigenvalue weighted by Gasteiger charge is 2.20. The van der Waals surface area contributed by atoms with Gasteiger partial charge in [0.05, 0.1) is 12.2 Å². The first-order valence-electron chi connectivity index (χ1n) is 8.04. The van der Waals surface area contributed by atoms with Crippen molar-refractivity contribution in [3.8, 4) is 0 Å². The molecule has 0 aliphatic carbocycles. The number of aliphatic imine (C=N–C) groups is 1. The molecule has 0 amide bonds. The quantitative estimate of drug-likeness (QED) is 0.435. The second kappa shape index (κ2) is 9.02. The molecule has 25 heavy (non-hydrogen) atoms. The van der Waals surface area contributed by atoms with Gasteiger partial charge in [0.25, 0.3) is 0 Å². The van der Waals surface area contributed by atoms with Crippen LogP contribution in [-0.2, 0) is 6.54 Å². The van der Waals surface area contributed by atoms with E-state index in [9.17, 15) is 4.39 Å². The van der Waals surface area contributed by atoms with Crippen molar-refractivity contribution in [2.75, 3.05) is 38.1 Å². The molecule has 6 nitrogen and oxygen atoms in total. The number of halogens is 2. The number of hydrogen-bond donors (Lipinski definition) is 1. The zero-order chi connectivity index (χ0) is 16.9. The summed E-state index contributed by atoms with van der Waals surface area (Å²) in [5, 5.41) is 7.19. The molecule has 1 fully saturated rings. The third kappa shape index (κ3) is 5.07. The van der Waals surface area contributed by atoms with Crippen molar-refractivity contribution >= 4 is 35.6 Å². The number of nitrogens with one attached hydrogen (secondary N) is 1. The van der Waals surface area contributed by atoms with E-state index in [1.54, 1.807) is 7.05 Å². The molecule has 1 aliphatic rings. The SMILES string of the molecule is CN=C(NCc1cc(C)no1)N1CCN(c2ccc(F)cc2)CC1.I. The Labute approximate surface area is 164 Å². The molecule has 0 spiro atoms. The van der Waals surface area contributed by atoms with Crippen LogP contribution in [0.25, 0.3) is 0 Å². The van der Waals surface area contributed by atoms with Gasteiger partial charge in [-0.3, -0.25) is 4.99 Å². The number of hydrogen-bond acceptors (Lipinski definition) is 4. The molecule has 1 saturated heterocycles. The summed E-state index contributed by atoms with van der Waals surface area (Å²) in [5.41, 5.74) is 1.92. The maximum Gasteiger partial charge on any atom is 0.194 e. The molecular weight excluding hydrogens is 436 g/mol. The summed E-state index contributed by atoms with van der Waals surface area (Å²) >= 11 is 0. The fourth-order valence-electron chi connectivity index (χ4n) is 2.83. The second-order valence-corrected chi connectivity index (χ2v) is 5.79. The Hall–Kier alpha value is -1.84. The number of aryl methyl sites for hydroxylation is 1. The molecule has 1 aromatic carbocycles. The second-order valence-electron chi connectivity index (χ2n) is 5.79. The summed E-state index contributed by atoms with van der Waals surface area (Å²) in [6, 6.07) is 8.56. The molecule has 8 heteroatoms. The smallest absolute Gasteiger partial charge is 0.194 e. The minimum Gasteiger partial charge on any atom is -0.368 e. The number of benzene rings is 1. The summed E-state index contributed by atoms with van der Waals surface area (Å²) in [5.74, 6) is 1.44. The van der Waals surface area contributed by atoms with Gasteiger partial charge < -0.3 is 19.6 Å². The van der Waals surface area contributed by atoms with Gasteiger partial charge in [-0.15, -0.1) is 24.0 Å². The van der Waals surface area contributed by atoms with Crippen molar-refractivity contribution < 1.29 is 8.91 Å². The zero-order valence-corrected chi connectivity index (χ0v) is 16.7. The lowest BCUT2D eigenvalue weighted by atomic mass is 10.2. The highest BCUT2D eigenvalue weighted by Crippen LogP contribution is 2.17. The van der Waals surface area contributed by atoms with Gasteiger partial charge in [0.2, 0.25) is 0 Å². The number of anilines is 1. The van der Waals surface area contributed by atoms with E-state index in [0.29, 0.717) is 6.54 Å². The Morgan fingerprint density at radius 1 is 1.24 bits per heavy atom. The average Bonchev–Trinajstić information content (AvgIpc) is 3.02. The van der Waals surface area contributed by atoms with E-state index in [-0.39, 0.29) is 29.8 Å². The molecule has 2 aromatic rings. The van der Waals surface area contributed by atoms with Gasteiger partial charge in [0, 0.05) is 45.0 Å². The van der Waals surface area contributed by atoms with E-state index in [1.165, 1.54) is 12.1 Å². The Balaban J connectivity index is 0.00000225. The lowest BCUT2D eigenvalue weighted by Gasteiger charge is -2.37. The molecule has 2 heterocycles. The summed E-state index contributed by atoms with van der Waals surface area (Å²) in [6.45, 7) is 5.91. The van der Waals surface area contributed by atoms with E-state index in [0.717, 1.165) is 49.3 Å². The van der Waals surface area contributed by atoms with Gasteiger partial charge in [0.1, 0.15) is 5.82 Å². The number of nitrogens with zero attached hydrogens (tertiary/aromatic N) is 4. The van der Waals surface area contributed by atoms with E-state index >= 15 is 0 Å². The minimum atomic E-state index is -0.204. The van der Waals surface area contributed by atoms with Crippen LogP contribution in [-0.4, -0.2) is 49.2 Å². The van der Waals surface area contributed by atoms with E-state index in [4.69, 9.17) is 4.52 Å².